The van der Waals surface area contributed by atoms with E-state index in [0.29, 0.717) is 12.8 Å². The van der Waals surface area contributed by atoms with Crippen LogP contribution in [0, 0.1) is 17.3 Å². The molecule has 2 aliphatic heterocycles. The molecule has 6 rings (SSSR count). The van der Waals surface area contributed by atoms with Gasteiger partial charge < -0.3 is 15.5 Å². The van der Waals surface area contributed by atoms with Crippen molar-refractivity contribution in [1.29, 1.82) is 0 Å². The summed E-state index contributed by atoms with van der Waals surface area (Å²) in [7, 11) is -3.91. The number of hydrogen-bond donors (Lipinski definition) is 3. The van der Waals surface area contributed by atoms with Gasteiger partial charge in [-0.25, -0.2) is 8.42 Å². The van der Waals surface area contributed by atoms with Gasteiger partial charge in [0.25, 0.3) is 17.7 Å². The summed E-state index contributed by atoms with van der Waals surface area (Å²) in [6.45, 7) is 8.93. The number of benzene rings is 1. The molecule has 13 nitrogen and oxygen atoms in total. The summed E-state index contributed by atoms with van der Waals surface area (Å²) in [6, 6.07) is 3.23. The Labute approximate surface area is 273 Å². The number of amides is 6. The Kier molecular flexibility index (Phi) is 8.09. The highest BCUT2D eigenvalue weighted by molar-refractivity contribution is 7.91. The van der Waals surface area contributed by atoms with Crippen LogP contribution in [0.5, 0.6) is 0 Å². The maximum Gasteiger partial charge on any atom is 0.261 e. The highest BCUT2D eigenvalue weighted by Gasteiger charge is 2.62. The normalized spacial score (nSPS) is 27.6. The van der Waals surface area contributed by atoms with Gasteiger partial charge in [-0.3, -0.25) is 38.4 Å². The number of carbonyl (C=O) groups is 6. The van der Waals surface area contributed by atoms with Gasteiger partial charge in [-0.2, -0.15) is 0 Å². The van der Waals surface area contributed by atoms with Gasteiger partial charge in [-0.1, -0.05) is 39.0 Å². The van der Waals surface area contributed by atoms with Crippen LogP contribution in [0.4, 0.5) is 0 Å². The van der Waals surface area contributed by atoms with Crippen molar-refractivity contribution in [2.45, 2.75) is 94.6 Å². The first-order valence-electron chi connectivity index (χ1n) is 16.1. The number of likely N-dealkylation sites (tertiary alicyclic amines) is 1. The van der Waals surface area contributed by atoms with Gasteiger partial charge in [0.05, 0.1) is 22.4 Å². The molecule has 1 saturated heterocycles. The number of rotatable bonds is 11. The number of nitrogens with one attached hydrogen (secondary N) is 3. The maximum absolute atomic E-state index is 14.4. The topological polar surface area (TPSA) is 179 Å². The van der Waals surface area contributed by atoms with Crippen molar-refractivity contribution in [2.24, 2.45) is 17.3 Å². The van der Waals surface area contributed by atoms with E-state index in [1.54, 1.807) is 45.0 Å². The Morgan fingerprint density at radius 3 is 2.17 bits per heavy atom. The fraction of sp³-hybridized carbons (Fsp3) is 0.576. The van der Waals surface area contributed by atoms with Gasteiger partial charge in [0.15, 0.2) is 0 Å². The Hall–Kier alpha value is -4.07. The molecule has 4 fully saturated rings. The third kappa shape index (κ3) is 6.19. The number of nitrogens with zero attached hydrogens (tertiary/aromatic N) is 2. The molecule has 3 aliphatic carbocycles. The van der Waals surface area contributed by atoms with Crippen molar-refractivity contribution in [3.63, 3.8) is 0 Å². The van der Waals surface area contributed by atoms with Crippen LogP contribution in [-0.2, 0) is 29.2 Å². The molecule has 0 bridgehead atoms. The smallest absolute Gasteiger partial charge is 0.261 e. The summed E-state index contributed by atoms with van der Waals surface area (Å²) >= 11 is 0. The lowest BCUT2D eigenvalue weighted by Crippen LogP contribution is -2.60. The molecule has 0 aromatic heterocycles. The largest absolute Gasteiger partial charge is 0.344 e. The van der Waals surface area contributed by atoms with E-state index in [4.69, 9.17) is 0 Å². The van der Waals surface area contributed by atoms with Crippen molar-refractivity contribution < 1.29 is 37.2 Å². The van der Waals surface area contributed by atoms with E-state index >= 15 is 0 Å². The van der Waals surface area contributed by atoms with Crippen LogP contribution >= 0.6 is 0 Å². The number of carbonyl (C=O) groups excluding carboxylic acids is 6. The van der Waals surface area contributed by atoms with Crippen molar-refractivity contribution in [3.05, 3.63) is 48.0 Å². The SMILES string of the molecule is C=CC1CC1(NC(=O)[C@@H]1C[C@@H](N2C(=O)c3ccccc3C2=O)CN1C(=O)[C@@H](NC(=O)CC1CC1)C(C)(C)C)C(=O)NS(=O)(=O)C1CC1. The van der Waals surface area contributed by atoms with E-state index in [2.05, 4.69) is 21.9 Å². The number of imide groups is 1. The van der Waals surface area contributed by atoms with Gasteiger partial charge in [-0.05, 0) is 62.0 Å². The highest BCUT2D eigenvalue weighted by atomic mass is 32.2. The lowest BCUT2D eigenvalue weighted by molar-refractivity contribution is -0.144. The fourth-order valence-corrected chi connectivity index (χ4v) is 8.03. The second-order valence-corrected chi connectivity index (χ2v) is 16.6. The molecule has 47 heavy (non-hydrogen) atoms. The Morgan fingerprint density at radius 2 is 1.66 bits per heavy atom. The van der Waals surface area contributed by atoms with Gasteiger partial charge in [0.2, 0.25) is 27.7 Å². The van der Waals surface area contributed by atoms with Crippen LogP contribution < -0.4 is 15.4 Å². The van der Waals surface area contributed by atoms with Crippen LogP contribution in [0.3, 0.4) is 0 Å². The molecule has 14 heteroatoms. The average Bonchev–Trinajstić information content (AvgIpc) is 3.91. The molecule has 2 heterocycles. The lowest BCUT2D eigenvalue weighted by Gasteiger charge is -2.36. The molecule has 6 amide bonds. The zero-order valence-electron chi connectivity index (χ0n) is 26.8. The van der Waals surface area contributed by atoms with Crippen molar-refractivity contribution >= 4 is 45.5 Å². The molecule has 1 aromatic rings. The van der Waals surface area contributed by atoms with Crippen LogP contribution in [0.25, 0.3) is 0 Å². The van der Waals surface area contributed by atoms with Gasteiger partial charge >= 0.3 is 0 Å². The van der Waals surface area contributed by atoms with Crippen LogP contribution in [0.1, 0.15) is 86.4 Å². The molecular formula is C33H41N5O8S. The third-order valence-corrected chi connectivity index (χ3v) is 11.7. The minimum Gasteiger partial charge on any atom is -0.344 e. The quantitative estimate of drug-likeness (QED) is 0.233. The van der Waals surface area contributed by atoms with E-state index < -0.39 is 79.8 Å². The number of fused-ring (bicyclic) bond motifs is 1. The number of sulfonamides is 1. The number of hydrogen-bond acceptors (Lipinski definition) is 8. The molecular weight excluding hydrogens is 626 g/mol. The van der Waals surface area contributed by atoms with E-state index in [1.165, 1.54) is 11.0 Å². The summed E-state index contributed by atoms with van der Waals surface area (Å²) in [4.78, 5) is 84.0. The molecule has 3 N–H and O–H groups in total. The second kappa shape index (κ2) is 11.6. The third-order valence-electron chi connectivity index (χ3n) is 9.89. The molecule has 1 aromatic carbocycles. The van der Waals surface area contributed by atoms with Crippen molar-refractivity contribution in [3.8, 4) is 0 Å². The Morgan fingerprint density at radius 1 is 1.04 bits per heavy atom. The van der Waals surface area contributed by atoms with Crippen molar-refractivity contribution in [1.82, 2.24) is 25.2 Å². The minimum absolute atomic E-state index is 0.110. The summed E-state index contributed by atoms with van der Waals surface area (Å²) < 4.78 is 27.3. The molecule has 5 atom stereocenters. The summed E-state index contributed by atoms with van der Waals surface area (Å²) in [5.74, 6) is -3.82. The second-order valence-electron chi connectivity index (χ2n) is 14.6. The first-order chi connectivity index (χ1) is 22.1. The molecule has 3 saturated carbocycles. The molecule has 252 valence electrons. The minimum atomic E-state index is -3.91. The molecule has 5 aliphatic rings. The standard InChI is InChI=1S/C33H41N5O8S/c1-5-19-16-33(19,31(44)36-47(45,46)21-12-13-21)35-27(40)24-15-20(38-28(41)22-8-6-7-9-23(22)29(38)42)17-37(24)30(43)26(32(2,3)4)34-25(39)14-18-10-11-18/h5-9,18-21,24,26H,1,10-17H2,2-4H3,(H,34,39)(H,35,40)(H,36,44)/t19?,20-,24+,26-,33?/m1/s1. The average molecular weight is 668 g/mol. The monoisotopic (exact) mass is 667 g/mol. The van der Waals surface area contributed by atoms with E-state index in [1.807, 2.05) is 0 Å². The molecule has 0 radical (unpaired) electrons. The summed E-state index contributed by atoms with van der Waals surface area (Å²) in [6.07, 6.45) is 4.52. The summed E-state index contributed by atoms with van der Waals surface area (Å²) in [5.41, 5.74) is -1.91. The summed E-state index contributed by atoms with van der Waals surface area (Å²) in [5, 5.41) is 4.93. The highest BCUT2D eigenvalue weighted by Crippen LogP contribution is 2.46. The van der Waals surface area contributed by atoms with E-state index in [-0.39, 0.29) is 48.8 Å². The van der Waals surface area contributed by atoms with Crippen LogP contribution in [0.2, 0.25) is 0 Å². The van der Waals surface area contributed by atoms with Gasteiger partial charge in [0, 0.05) is 18.9 Å². The predicted molar refractivity (Wildman–Crippen MR) is 169 cm³/mol. The Balaban J connectivity index is 1.29. The zero-order chi connectivity index (χ0) is 34.1. The predicted octanol–water partition coefficient (Wildman–Crippen LogP) is 1.25. The fourth-order valence-electron chi connectivity index (χ4n) is 6.67. The maximum atomic E-state index is 14.4. The van der Waals surface area contributed by atoms with Crippen LogP contribution in [0.15, 0.2) is 36.9 Å². The van der Waals surface area contributed by atoms with E-state index in [9.17, 15) is 37.2 Å². The Bertz CT molecular complexity index is 1640. The first-order valence-corrected chi connectivity index (χ1v) is 17.7. The zero-order valence-corrected chi connectivity index (χ0v) is 27.6. The molecule has 0 spiro atoms. The first kappa shape index (κ1) is 32.9. The van der Waals surface area contributed by atoms with Gasteiger partial charge in [-0.15, -0.1) is 6.58 Å². The lowest BCUT2D eigenvalue weighted by atomic mass is 9.85. The van der Waals surface area contributed by atoms with Crippen molar-refractivity contribution in [2.75, 3.05) is 6.54 Å². The van der Waals surface area contributed by atoms with Crippen LogP contribution in [-0.4, -0.2) is 89.1 Å². The van der Waals surface area contributed by atoms with E-state index in [0.717, 1.165) is 17.7 Å². The molecule has 2 unspecified atom stereocenters. The van der Waals surface area contributed by atoms with Gasteiger partial charge in [0.1, 0.15) is 17.6 Å².